The molecule has 0 aromatic heterocycles. The van der Waals surface area contributed by atoms with E-state index in [2.05, 4.69) is 5.32 Å². The van der Waals surface area contributed by atoms with E-state index in [4.69, 9.17) is 4.74 Å². The Bertz CT molecular complexity index is 324. The summed E-state index contributed by atoms with van der Waals surface area (Å²) in [5.41, 5.74) is 0.771. The standard InChI is InChI=1S/C12H17NO3/c1-9(2)16-12(15)13-8-11(14)10-6-4-3-5-7-10/h3-7,9,11,14H,8H2,1-2H3,(H,13,15). The molecule has 2 N–H and O–H groups in total. The fraction of sp³-hybridized carbons (Fsp3) is 0.417. The van der Waals surface area contributed by atoms with Crippen LogP contribution in [-0.2, 0) is 4.74 Å². The molecule has 1 rings (SSSR count). The van der Waals surface area contributed by atoms with Crippen molar-refractivity contribution in [3.8, 4) is 0 Å². The van der Waals surface area contributed by atoms with Crippen molar-refractivity contribution in [2.45, 2.75) is 26.1 Å². The first-order valence-electron chi connectivity index (χ1n) is 5.27. The zero-order chi connectivity index (χ0) is 12.0. The lowest BCUT2D eigenvalue weighted by Crippen LogP contribution is -2.30. The Balaban J connectivity index is 2.36. The Morgan fingerprint density at radius 3 is 2.56 bits per heavy atom. The van der Waals surface area contributed by atoms with Gasteiger partial charge in [0.05, 0.1) is 18.8 Å². The van der Waals surface area contributed by atoms with Gasteiger partial charge in [-0.05, 0) is 19.4 Å². The zero-order valence-electron chi connectivity index (χ0n) is 9.51. The monoisotopic (exact) mass is 223 g/mol. The number of alkyl carbamates (subject to hydrolysis) is 1. The molecule has 0 spiro atoms. The number of carbonyl (C=O) groups is 1. The van der Waals surface area contributed by atoms with Gasteiger partial charge in [-0.2, -0.15) is 0 Å². The maximum absolute atomic E-state index is 11.1. The van der Waals surface area contributed by atoms with Crippen LogP contribution in [0.25, 0.3) is 0 Å². The van der Waals surface area contributed by atoms with E-state index < -0.39 is 12.2 Å². The third-order valence-corrected chi connectivity index (χ3v) is 1.97. The minimum absolute atomic E-state index is 0.148. The first kappa shape index (κ1) is 12.5. The summed E-state index contributed by atoms with van der Waals surface area (Å²) in [6.07, 6.45) is -1.38. The van der Waals surface area contributed by atoms with E-state index in [0.717, 1.165) is 5.56 Å². The third-order valence-electron chi connectivity index (χ3n) is 1.97. The van der Waals surface area contributed by atoms with Crippen LogP contribution < -0.4 is 5.32 Å². The van der Waals surface area contributed by atoms with Crippen LogP contribution in [0.5, 0.6) is 0 Å². The highest BCUT2D eigenvalue weighted by Gasteiger charge is 2.10. The number of amides is 1. The van der Waals surface area contributed by atoms with Gasteiger partial charge in [0.2, 0.25) is 0 Å². The van der Waals surface area contributed by atoms with E-state index in [0.29, 0.717) is 0 Å². The molecule has 16 heavy (non-hydrogen) atoms. The molecule has 0 aliphatic rings. The predicted molar refractivity (Wildman–Crippen MR) is 61.0 cm³/mol. The first-order chi connectivity index (χ1) is 7.59. The Labute approximate surface area is 95.2 Å². The molecular formula is C12H17NO3. The van der Waals surface area contributed by atoms with Gasteiger partial charge in [0.15, 0.2) is 0 Å². The molecule has 0 saturated carbocycles. The number of ether oxygens (including phenoxy) is 1. The number of rotatable bonds is 4. The van der Waals surface area contributed by atoms with Gasteiger partial charge in [-0.15, -0.1) is 0 Å². The van der Waals surface area contributed by atoms with E-state index in [1.54, 1.807) is 26.0 Å². The van der Waals surface area contributed by atoms with Crippen molar-refractivity contribution < 1.29 is 14.6 Å². The summed E-state index contributed by atoms with van der Waals surface area (Å²) in [5, 5.41) is 12.2. The summed E-state index contributed by atoms with van der Waals surface area (Å²) in [6, 6.07) is 9.16. The van der Waals surface area contributed by atoms with Crippen molar-refractivity contribution in [1.82, 2.24) is 5.32 Å². The van der Waals surface area contributed by atoms with E-state index in [9.17, 15) is 9.90 Å². The molecule has 1 unspecified atom stereocenters. The largest absolute Gasteiger partial charge is 0.447 e. The molecule has 1 atom stereocenters. The number of hydrogen-bond donors (Lipinski definition) is 2. The summed E-state index contributed by atoms with van der Waals surface area (Å²) < 4.78 is 4.88. The predicted octanol–water partition coefficient (Wildman–Crippen LogP) is 1.85. The number of carbonyl (C=O) groups excluding carboxylic acids is 1. The van der Waals surface area contributed by atoms with Crippen molar-refractivity contribution >= 4 is 6.09 Å². The van der Waals surface area contributed by atoms with Crippen LogP contribution in [0.1, 0.15) is 25.5 Å². The molecule has 0 saturated heterocycles. The summed E-state index contributed by atoms with van der Waals surface area (Å²) >= 11 is 0. The number of aliphatic hydroxyl groups is 1. The maximum atomic E-state index is 11.1. The smallest absolute Gasteiger partial charge is 0.407 e. The molecule has 4 heteroatoms. The van der Waals surface area contributed by atoms with Crippen LogP contribution in [0.3, 0.4) is 0 Å². The highest BCUT2D eigenvalue weighted by molar-refractivity contribution is 5.67. The molecular weight excluding hydrogens is 206 g/mol. The van der Waals surface area contributed by atoms with Crippen LogP contribution >= 0.6 is 0 Å². The SMILES string of the molecule is CC(C)OC(=O)NCC(O)c1ccccc1. The van der Waals surface area contributed by atoms with Crippen LogP contribution in [0.4, 0.5) is 4.79 Å². The number of benzene rings is 1. The fourth-order valence-corrected chi connectivity index (χ4v) is 1.23. The molecule has 0 fully saturated rings. The molecule has 0 aliphatic carbocycles. The molecule has 88 valence electrons. The van der Waals surface area contributed by atoms with E-state index in [-0.39, 0.29) is 12.6 Å². The van der Waals surface area contributed by atoms with Crippen molar-refractivity contribution in [2.75, 3.05) is 6.54 Å². The van der Waals surface area contributed by atoms with Gasteiger partial charge in [0, 0.05) is 0 Å². The van der Waals surface area contributed by atoms with Crippen molar-refractivity contribution in [2.24, 2.45) is 0 Å². The van der Waals surface area contributed by atoms with Crippen molar-refractivity contribution in [1.29, 1.82) is 0 Å². The van der Waals surface area contributed by atoms with E-state index in [1.165, 1.54) is 0 Å². The quantitative estimate of drug-likeness (QED) is 0.819. The normalized spacial score (nSPS) is 12.2. The zero-order valence-corrected chi connectivity index (χ0v) is 9.51. The summed E-state index contributed by atoms with van der Waals surface area (Å²) in [5.74, 6) is 0. The Kier molecular flexibility index (Phi) is 4.79. The third kappa shape index (κ3) is 4.31. The second-order valence-electron chi connectivity index (χ2n) is 3.76. The number of aliphatic hydroxyl groups excluding tert-OH is 1. The van der Waals surface area contributed by atoms with Gasteiger partial charge in [0.25, 0.3) is 0 Å². The lowest BCUT2D eigenvalue weighted by atomic mass is 10.1. The van der Waals surface area contributed by atoms with E-state index >= 15 is 0 Å². The average molecular weight is 223 g/mol. The highest BCUT2D eigenvalue weighted by atomic mass is 16.6. The molecule has 1 aromatic carbocycles. The minimum Gasteiger partial charge on any atom is -0.447 e. The van der Waals surface area contributed by atoms with E-state index in [1.807, 2.05) is 18.2 Å². The summed E-state index contributed by atoms with van der Waals surface area (Å²) in [6.45, 7) is 3.69. The number of nitrogens with one attached hydrogen (secondary N) is 1. The van der Waals surface area contributed by atoms with Gasteiger partial charge >= 0.3 is 6.09 Å². The van der Waals surface area contributed by atoms with Gasteiger partial charge in [-0.25, -0.2) is 4.79 Å². The lowest BCUT2D eigenvalue weighted by Gasteiger charge is -2.13. The summed E-state index contributed by atoms with van der Waals surface area (Å²) in [7, 11) is 0. The molecule has 0 bridgehead atoms. The average Bonchev–Trinajstić information content (AvgIpc) is 2.26. The van der Waals surface area contributed by atoms with Gasteiger partial charge < -0.3 is 15.2 Å². The first-order valence-corrected chi connectivity index (χ1v) is 5.27. The Morgan fingerprint density at radius 2 is 2.00 bits per heavy atom. The van der Waals surface area contributed by atoms with Gasteiger partial charge in [-0.3, -0.25) is 0 Å². The molecule has 1 aromatic rings. The molecule has 0 aliphatic heterocycles. The minimum atomic E-state index is -0.707. The maximum Gasteiger partial charge on any atom is 0.407 e. The summed E-state index contributed by atoms with van der Waals surface area (Å²) in [4.78, 5) is 11.1. The fourth-order valence-electron chi connectivity index (χ4n) is 1.23. The van der Waals surface area contributed by atoms with Crippen molar-refractivity contribution in [3.05, 3.63) is 35.9 Å². The van der Waals surface area contributed by atoms with Crippen molar-refractivity contribution in [3.63, 3.8) is 0 Å². The van der Waals surface area contributed by atoms with Gasteiger partial charge in [-0.1, -0.05) is 30.3 Å². The van der Waals surface area contributed by atoms with Crippen LogP contribution in [-0.4, -0.2) is 23.8 Å². The Morgan fingerprint density at radius 1 is 1.38 bits per heavy atom. The van der Waals surface area contributed by atoms with Crippen LogP contribution in [0.2, 0.25) is 0 Å². The second-order valence-corrected chi connectivity index (χ2v) is 3.76. The molecule has 0 radical (unpaired) electrons. The molecule has 1 amide bonds. The lowest BCUT2D eigenvalue weighted by molar-refractivity contribution is 0.106. The Hall–Kier alpha value is -1.55. The number of hydrogen-bond acceptors (Lipinski definition) is 3. The second kappa shape index (κ2) is 6.12. The topological polar surface area (TPSA) is 58.6 Å². The molecule has 4 nitrogen and oxygen atoms in total. The molecule has 0 heterocycles. The van der Waals surface area contributed by atoms with Gasteiger partial charge in [0.1, 0.15) is 0 Å². The van der Waals surface area contributed by atoms with Crippen LogP contribution in [0.15, 0.2) is 30.3 Å². The van der Waals surface area contributed by atoms with Crippen LogP contribution in [0, 0.1) is 0 Å². The highest BCUT2D eigenvalue weighted by Crippen LogP contribution is 2.10.